The second-order valence-electron chi connectivity index (χ2n) is 2.95. The number of carboxylic acid groups (broad SMARTS) is 2. The van der Waals surface area contributed by atoms with Gasteiger partial charge in [-0.1, -0.05) is 8.67 Å². The standard InChI is InChI=1S/C6H12N6O8S2/c7-3(8)17-19-21-11(5(13)14)1-2-12(6(15)16)22-20-18-4(9)10/h1-2H2,(H3,7,8)(H3,9,10)(H,13,14)(H,15,16). The summed E-state index contributed by atoms with van der Waals surface area (Å²) in [7, 11) is 0. The maximum atomic E-state index is 10.9. The first-order chi connectivity index (χ1) is 10.2. The van der Waals surface area contributed by atoms with Crippen molar-refractivity contribution in [2.75, 3.05) is 13.1 Å². The highest BCUT2D eigenvalue weighted by Crippen LogP contribution is 2.16. The second-order valence-corrected chi connectivity index (χ2v) is 4.40. The second kappa shape index (κ2) is 10.4. The van der Waals surface area contributed by atoms with Gasteiger partial charge in [0.05, 0.1) is 13.1 Å². The molecule has 0 bridgehead atoms. The molecule has 0 unspecified atom stereocenters. The Morgan fingerprint density at radius 3 is 1.45 bits per heavy atom. The maximum Gasteiger partial charge on any atom is 0.419 e. The fraction of sp³-hybridized carbons (Fsp3) is 0.333. The Balaban J connectivity index is 4.31. The normalized spacial score (nSPS) is 9.64. The topological polar surface area (TPSA) is 218 Å². The van der Waals surface area contributed by atoms with E-state index in [1.165, 1.54) is 0 Å². The van der Waals surface area contributed by atoms with Gasteiger partial charge in [0.15, 0.2) is 24.5 Å². The minimum atomic E-state index is -1.46. The monoisotopic (exact) mass is 360 g/mol. The van der Waals surface area contributed by atoms with E-state index in [1.807, 2.05) is 0 Å². The maximum absolute atomic E-state index is 10.9. The summed E-state index contributed by atoms with van der Waals surface area (Å²) in [6.45, 7) is -0.714. The number of nitrogens with zero attached hydrogens (tertiary/aromatic N) is 2. The summed E-state index contributed by atoms with van der Waals surface area (Å²) in [5, 5.41) is 31.1. The first kappa shape index (κ1) is 19.7. The molecule has 0 rings (SSSR count). The van der Waals surface area contributed by atoms with Gasteiger partial charge in [-0.05, 0) is 0 Å². The lowest BCUT2D eigenvalue weighted by molar-refractivity contribution is -0.103. The Morgan fingerprint density at radius 2 is 1.23 bits per heavy atom. The average Bonchev–Trinajstić information content (AvgIpc) is 2.38. The SMILES string of the molecule is N=C(N)OOSN(CCN(SOOC(=N)N)C(=O)O)C(=O)O. The van der Waals surface area contributed by atoms with Crippen LogP contribution >= 0.6 is 24.5 Å². The minimum absolute atomic E-state index is 0.176. The van der Waals surface area contributed by atoms with Crippen LogP contribution in [0.3, 0.4) is 0 Å². The first-order valence-corrected chi connectivity index (χ1v) is 6.35. The largest absolute Gasteiger partial charge is 0.464 e. The number of carbonyl (C=O) groups is 2. The molecule has 8 N–H and O–H groups in total. The molecule has 0 fully saturated rings. The summed E-state index contributed by atoms with van der Waals surface area (Å²) >= 11 is 0.352. The number of amidine groups is 2. The molecule has 0 saturated heterocycles. The van der Waals surface area contributed by atoms with Crippen LogP contribution in [-0.2, 0) is 18.4 Å². The fourth-order valence-electron chi connectivity index (χ4n) is 0.688. The summed E-state index contributed by atoms with van der Waals surface area (Å²) in [5.74, 6) is 0. The predicted molar refractivity (Wildman–Crippen MR) is 72.8 cm³/mol. The molecular weight excluding hydrogens is 348 g/mol. The van der Waals surface area contributed by atoms with Crippen LogP contribution in [0.2, 0.25) is 0 Å². The minimum Gasteiger partial charge on any atom is -0.464 e. The summed E-state index contributed by atoms with van der Waals surface area (Å²) in [5.41, 5.74) is 9.61. The zero-order valence-corrected chi connectivity index (χ0v) is 12.3. The third kappa shape index (κ3) is 9.58. The van der Waals surface area contributed by atoms with Gasteiger partial charge >= 0.3 is 24.2 Å². The Morgan fingerprint density at radius 1 is 0.909 bits per heavy atom. The van der Waals surface area contributed by atoms with Crippen molar-refractivity contribution in [1.82, 2.24) is 8.61 Å². The van der Waals surface area contributed by atoms with Crippen LogP contribution < -0.4 is 11.5 Å². The molecule has 0 aliphatic heterocycles. The number of hydrogen-bond donors (Lipinski definition) is 6. The van der Waals surface area contributed by atoms with Gasteiger partial charge in [-0.3, -0.25) is 9.78 Å². The van der Waals surface area contributed by atoms with Crippen LogP contribution in [0.25, 0.3) is 0 Å². The number of nitrogens with one attached hydrogen (secondary N) is 2. The van der Waals surface area contributed by atoms with Crippen molar-refractivity contribution in [3.63, 3.8) is 0 Å². The van der Waals surface area contributed by atoms with Gasteiger partial charge in [-0.25, -0.2) is 29.0 Å². The van der Waals surface area contributed by atoms with E-state index in [2.05, 4.69) is 18.4 Å². The van der Waals surface area contributed by atoms with Crippen molar-refractivity contribution in [2.24, 2.45) is 11.5 Å². The highest BCUT2D eigenvalue weighted by molar-refractivity contribution is 7.93. The summed E-state index contributed by atoms with van der Waals surface area (Å²) in [6, 6.07) is -1.59. The Bertz CT molecular complexity index is 386. The highest BCUT2D eigenvalue weighted by Gasteiger charge is 2.21. The highest BCUT2D eigenvalue weighted by atomic mass is 32.2. The lowest BCUT2D eigenvalue weighted by atomic mass is 10.6. The van der Waals surface area contributed by atoms with Gasteiger partial charge in [-0.2, -0.15) is 0 Å². The Kier molecular flexibility index (Phi) is 9.34. The molecule has 126 valence electrons. The first-order valence-electron chi connectivity index (χ1n) is 4.95. The smallest absolute Gasteiger partial charge is 0.419 e. The van der Waals surface area contributed by atoms with Gasteiger partial charge in [0.1, 0.15) is 0 Å². The number of hydrogen-bond acceptors (Lipinski definition) is 10. The number of nitrogens with two attached hydrogens (primary N) is 2. The van der Waals surface area contributed by atoms with Crippen molar-refractivity contribution in [3.05, 3.63) is 0 Å². The molecule has 0 aliphatic carbocycles. The van der Waals surface area contributed by atoms with Crippen LogP contribution in [-0.4, -0.2) is 56.1 Å². The molecule has 0 aromatic rings. The molecule has 0 aromatic carbocycles. The molecule has 0 spiro atoms. The van der Waals surface area contributed by atoms with Crippen molar-refractivity contribution in [2.45, 2.75) is 0 Å². The fourth-order valence-corrected chi connectivity index (χ4v) is 1.48. The quantitative estimate of drug-likeness (QED) is 0.0783. The van der Waals surface area contributed by atoms with E-state index in [-0.39, 0.29) is 37.5 Å². The van der Waals surface area contributed by atoms with Gasteiger partial charge in [0.25, 0.3) is 0 Å². The Hall–Kier alpha value is -2.30. The number of rotatable bonds is 9. The van der Waals surface area contributed by atoms with Crippen LogP contribution in [0.1, 0.15) is 0 Å². The molecule has 0 radical (unpaired) electrons. The molecule has 0 atom stereocenters. The molecule has 2 amide bonds. The zero-order chi connectivity index (χ0) is 17.1. The van der Waals surface area contributed by atoms with E-state index in [9.17, 15) is 9.59 Å². The van der Waals surface area contributed by atoms with Gasteiger partial charge in [0, 0.05) is 0 Å². The molecule has 16 heteroatoms. The lowest BCUT2D eigenvalue weighted by Gasteiger charge is -2.19. The molecule has 22 heavy (non-hydrogen) atoms. The number of amides is 2. The van der Waals surface area contributed by atoms with Crippen molar-refractivity contribution >= 4 is 48.7 Å². The van der Waals surface area contributed by atoms with Crippen LogP contribution in [0.15, 0.2) is 0 Å². The van der Waals surface area contributed by atoms with Gasteiger partial charge in [0.2, 0.25) is 0 Å². The molecule has 0 aromatic heterocycles. The van der Waals surface area contributed by atoms with Crippen molar-refractivity contribution in [1.29, 1.82) is 10.8 Å². The lowest BCUT2D eigenvalue weighted by Crippen LogP contribution is -2.34. The van der Waals surface area contributed by atoms with E-state index < -0.39 is 24.2 Å². The van der Waals surface area contributed by atoms with Crippen LogP contribution in [0.4, 0.5) is 9.59 Å². The van der Waals surface area contributed by atoms with Gasteiger partial charge < -0.3 is 21.7 Å². The summed E-state index contributed by atoms with van der Waals surface area (Å²) in [4.78, 5) is 29.9. The van der Waals surface area contributed by atoms with E-state index in [0.717, 1.165) is 0 Å². The van der Waals surface area contributed by atoms with Crippen LogP contribution in [0, 0.1) is 10.8 Å². The van der Waals surface area contributed by atoms with E-state index in [1.54, 1.807) is 0 Å². The molecule has 0 aliphatic rings. The van der Waals surface area contributed by atoms with Crippen molar-refractivity contribution < 1.29 is 38.2 Å². The third-order valence-corrected chi connectivity index (χ3v) is 2.72. The van der Waals surface area contributed by atoms with E-state index in [0.29, 0.717) is 8.61 Å². The van der Waals surface area contributed by atoms with E-state index in [4.69, 9.17) is 32.5 Å². The molecule has 0 saturated carbocycles. The Labute approximate surface area is 131 Å². The summed E-state index contributed by atoms with van der Waals surface area (Å²) < 4.78 is 9.65. The van der Waals surface area contributed by atoms with E-state index >= 15 is 0 Å². The van der Waals surface area contributed by atoms with Gasteiger partial charge in [-0.15, -0.1) is 0 Å². The average molecular weight is 360 g/mol. The predicted octanol–water partition coefficient (Wildman–Crippen LogP) is -0.244. The molecule has 14 nitrogen and oxygen atoms in total. The third-order valence-electron chi connectivity index (χ3n) is 1.42. The van der Waals surface area contributed by atoms with Crippen molar-refractivity contribution in [3.8, 4) is 0 Å². The zero-order valence-electron chi connectivity index (χ0n) is 10.6. The summed E-state index contributed by atoms with van der Waals surface area (Å²) in [6.07, 6.45) is -2.93. The van der Waals surface area contributed by atoms with Crippen LogP contribution in [0.5, 0.6) is 0 Å². The molecular formula is C6H12N6O8S2. The molecule has 0 heterocycles.